The average molecular weight is 409 g/mol. The van der Waals surface area contributed by atoms with Gasteiger partial charge in [0.2, 0.25) is 5.91 Å². The average Bonchev–Trinajstić information content (AvgIpc) is 2.71. The lowest BCUT2D eigenvalue weighted by Crippen LogP contribution is -2.46. The number of benzene rings is 1. The molecule has 1 aromatic rings. The number of piperidine rings is 1. The summed E-state index contributed by atoms with van der Waals surface area (Å²) in [5, 5.41) is 5.98. The summed E-state index contributed by atoms with van der Waals surface area (Å²) < 4.78 is 24.7. The van der Waals surface area contributed by atoms with Crippen LogP contribution in [0.25, 0.3) is 0 Å². The Morgan fingerprint density at radius 1 is 1.21 bits per heavy atom. The Balaban J connectivity index is 1.85. The molecule has 0 atom stereocenters. The van der Waals surface area contributed by atoms with Crippen LogP contribution >= 0.6 is 0 Å². The fourth-order valence-corrected chi connectivity index (χ4v) is 4.64. The lowest BCUT2D eigenvalue weighted by molar-refractivity contribution is -0.121. The quantitative estimate of drug-likeness (QED) is 0.388. The number of carbonyl (C=O) groups is 1. The molecule has 0 radical (unpaired) electrons. The standard InChI is InChI=1S/C20H32N4O3S/c1-3-22-20(24-13-10-17(11-14-24)16-19(25)21-2)23-12-7-15-28(26,27)18-8-5-4-6-9-18/h4-6,8-9,17H,3,7,10-16H2,1-2H3,(H,21,25)(H,22,23). The van der Waals surface area contributed by atoms with Gasteiger partial charge in [0.15, 0.2) is 15.8 Å². The molecule has 2 rings (SSSR count). The molecular formula is C20H32N4O3S. The van der Waals surface area contributed by atoms with Crippen LogP contribution in [-0.2, 0) is 14.6 Å². The topological polar surface area (TPSA) is 90.9 Å². The molecule has 1 heterocycles. The van der Waals surface area contributed by atoms with Crippen molar-refractivity contribution in [3.63, 3.8) is 0 Å². The van der Waals surface area contributed by atoms with Crippen LogP contribution in [0.1, 0.15) is 32.6 Å². The Kier molecular flexibility index (Phi) is 8.76. The van der Waals surface area contributed by atoms with E-state index in [0.717, 1.165) is 38.4 Å². The molecule has 1 aromatic carbocycles. The maximum atomic E-state index is 12.3. The first-order valence-electron chi connectivity index (χ1n) is 9.98. The van der Waals surface area contributed by atoms with Gasteiger partial charge in [0.05, 0.1) is 10.6 Å². The van der Waals surface area contributed by atoms with Gasteiger partial charge in [-0.15, -0.1) is 0 Å². The van der Waals surface area contributed by atoms with E-state index in [1.54, 1.807) is 31.3 Å². The maximum Gasteiger partial charge on any atom is 0.220 e. The van der Waals surface area contributed by atoms with Crippen LogP contribution in [-0.4, -0.2) is 64.2 Å². The molecule has 0 bridgehead atoms. The van der Waals surface area contributed by atoms with Gasteiger partial charge in [0.25, 0.3) is 0 Å². The molecule has 1 amide bonds. The second-order valence-corrected chi connectivity index (χ2v) is 9.14. The van der Waals surface area contributed by atoms with Crippen molar-refractivity contribution in [2.75, 3.05) is 39.0 Å². The number of nitrogens with zero attached hydrogens (tertiary/aromatic N) is 2. The lowest BCUT2D eigenvalue weighted by atomic mass is 9.93. The molecule has 1 aliphatic heterocycles. The summed E-state index contributed by atoms with van der Waals surface area (Å²) in [6.45, 7) is 4.96. The molecule has 1 fully saturated rings. The molecule has 156 valence electrons. The van der Waals surface area contributed by atoms with Crippen LogP contribution in [0, 0.1) is 5.92 Å². The van der Waals surface area contributed by atoms with Crippen molar-refractivity contribution in [2.45, 2.75) is 37.5 Å². The van der Waals surface area contributed by atoms with Crippen molar-refractivity contribution in [1.82, 2.24) is 15.5 Å². The zero-order valence-corrected chi connectivity index (χ0v) is 17.7. The first-order chi connectivity index (χ1) is 13.5. The molecular weight excluding hydrogens is 376 g/mol. The van der Waals surface area contributed by atoms with E-state index in [1.807, 2.05) is 13.0 Å². The van der Waals surface area contributed by atoms with Crippen LogP contribution in [0.5, 0.6) is 0 Å². The summed E-state index contributed by atoms with van der Waals surface area (Å²) in [6.07, 6.45) is 2.98. The Labute approximate surface area is 168 Å². The van der Waals surface area contributed by atoms with E-state index in [1.165, 1.54) is 0 Å². The first-order valence-corrected chi connectivity index (χ1v) is 11.6. The monoisotopic (exact) mass is 408 g/mol. The molecule has 1 aliphatic rings. The summed E-state index contributed by atoms with van der Waals surface area (Å²) in [6, 6.07) is 8.55. The van der Waals surface area contributed by atoms with Gasteiger partial charge in [-0.2, -0.15) is 0 Å². The van der Waals surface area contributed by atoms with E-state index in [0.29, 0.717) is 30.2 Å². The summed E-state index contributed by atoms with van der Waals surface area (Å²) in [4.78, 5) is 18.7. The van der Waals surface area contributed by atoms with Crippen LogP contribution in [0.4, 0.5) is 0 Å². The van der Waals surface area contributed by atoms with E-state index in [2.05, 4.69) is 20.5 Å². The van der Waals surface area contributed by atoms with E-state index >= 15 is 0 Å². The molecule has 0 saturated carbocycles. The van der Waals surface area contributed by atoms with Gasteiger partial charge in [-0.05, 0) is 44.2 Å². The largest absolute Gasteiger partial charge is 0.359 e. The second-order valence-electron chi connectivity index (χ2n) is 7.03. The van der Waals surface area contributed by atoms with Gasteiger partial charge in [0.1, 0.15) is 0 Å². The highest BCUT2D eigenvalue weighted by Crippen LogP contribution is 2.20. The number of rotatable bonds is 8. The van der Waals surface area contributed by atoms with Crippen molar-refractivity contribution in [3.8, 4) is 0 Å². The third-order valence-electron chi connectivity index (χ3n) is 4.94. The molecule has 7 nitrogen and oxygen atoms in total. The van der Waals surface area contributed by atoms with Gasteiger partial charge < -0.3 is 15.5 Å². The second kappa shape index (κ2) is 11.0. The fourth-order valence-electron chi connectivity index (χ4n) is 3.32. The van der Waals surface area contributed by atoms with E-state index < -0.39 is 9.84 Å². The van der Waals surface area contributed by atoms with Crippen molar-refractivity contribution < 1.29 is 13.2 Å². The highest BCUT2D eigenvalue weighted by atomic mass is 32.2. The summed E-state index contributed by atoms with van der Waals surface area (Å²) >= 11 is 0. The predicted molar refractivity (Wildman–Crippen MR) is 112 cm³/mol. The number of hydrogen-bond donors (Lipinski definition) is 2. The first kappa shape index (κ1) is 22.2. The van der Waals surface area contributed by atoms with Crippen molar-refractivity contribution in [1.29, 1.82) is 0 Å². The highest BCUT2D eigenvalue weighted by Gasteiger charge is 2.23. The number of guanidine groups is 1. The van der Waals surface area contributed by atoms with Crippen LogP contribution < -0.4 is 10.6 Å². The van der Waals surface area contributed by atoms with Crippen molar-refractivity contribution in [3.05, 3.63) is 30.3 Å². The molecule has 1 saturated heterocycles. The molecule has 0 spiro atoms. The highest BCUT2D eigenvalue weighted by molar-refractivity contribution is 7.91. The van der Waals surface area contributed by atoms with Crippen LogP contribution in [0.3, 0.4) is 0 Å². The van der Waals surface area contributed by atoms with Gasteiger partial charge in [-0.1, -0.05) is 18.2 Å². The Hall–Kier alpha value is -2.09. The van der Waals surface area contributed by atoms with Crippen molar-refractivity contribution >= 4 is 21.7 Å². The number of nitrogens with one attached hydrogen (secondary N) is 2. The SMILES string of the molecule is CCNC(=NCCCS(=O)(=O)c1ccccc1)N1CCC(CC(=O)NC)CC1. The molecule has 0 unspecified atom stereocenters. The number of carbonyl (C=O) groups excluding carboxylic acids is 1. The minimum absolute atomic E-state index is 0.0914. The summed E-state index contributed by atoms with van der Waals surface area (Å²) in [5.41, 5.74) is 0. The Bertz CT molecular complexity index is 742. The number of amides is 1. The van der Waals surface area contributed by atoms with Gasteiger partial charge in [-0.3, -0.25) is 9.79 Å². The maximum absolute atomic E-state index is 12.3. The van der Waals surface area contributed by atoms with E-state index in [4.69, 9.17) is 0 Å². The zero-order valence-electron chi connectivity index (χ0n) is 16.9. The molecule has 0 aliphatic carbocycles. The number of hydrogen-bond acceptors (Lipinski definition) is 4. The zero-order chi connectivity index (χ0) is 20.4. The minimum Gasteiger partial charge on any atom is -0.359 e. The van der Waals surface area contributed by atoms with Crippen LogP contribution in [0.15, 0.2) is 40.2 Å². The van der Waals surface area contributed by atoms with E-state index in [-0.39, 0.29) is 11.7 Å². The molecule has 2 N–H and O–H groups in total. The number of likely N-dealkylation sites (tertiary alicyclic amines) is 1. The fraction of sp³-hybridized carbons (Fsp3) is 0.600. The molecule has 8 heteroatoms. The smallest absolute Gasteiger partial charge is 0.220 e. The third-order valence-corrected chi connectivity index (χ3v) is 6.75. The third kappa shape index (κ3) is 6.82. The molecule has 0 aromatic heterocycles. The number of aliphatic imine (C=N–C) groups is 1. The van der Waals surface area contributed by atoms with Crippen LogP contribution in [0.2, 0.25) is 0 Å². The van der Waals surface area contributed by atoms with E-state index in [9.17, 15) is 13.2 Å². The van der Waals surface area contributed by atoms with Crippen molar-refractivity contribution in [2.24, 2.45) is 10.9 Å². The normalized spacial score (nSPS) is 16.1. The van der Waals surface area contributed by atoms with Gasteiger partial charge in [-0.25, -0.2) is 8.42 Å². The Morgan fingerprint density at radius 2 is 1.89 bits per heavy atom. The Morgan fingerprint density at radius 3 is 2.50 bits per heavy atom. The summed E-state index contributed by atoms with van der Waals surface area (Å²) in [7, 11) is -1.59. The predicted octanol–water partition coefficient (Wildman–Crippen LogP) is 1.66. The number of sulfone groups is 1. The van der Waals surface area contributed by atoms with Gasteiger partial charge >= 0.3 is 0 Å². The summed E-state index contributed by atoms with van der Waals surface area (Å²) in [5.74, 6) is 1.43. The van der Waals surface area contributed by atoms with Gasteiger partial charge in [0, 0.05) is 39.6 Å². The lowest BCUT2D eigenvalue weighted by Gasteiger charge is -2.34. The minimum atomic E-state index is -3.26. The molecule has 28 heavy (non-hydrogen) atoms.